The van der Waals surface area contributed by atoms with E-state index >= 15 is 0 Å². The standard InChI is InChI=1S/C17H32O3SSi/c1-4-22(5-2,6-3)13-21(18,19)20-17-10-14-7-15(11-17)9-16(8-14)12-17/h14-16H,4-13H2,1-3H3. The van der Waals surface area contributed by atoms with Gasteiger partial charge >= 0.3 is 0 Å². The normalized spacial score (nSPS) is 37.7. The summed E-state index contributed by atoms with van der Waals surface area (Å²) in [6.45, 7) is 6.50. The number of hydrogen-bond donors (Lipinski definition) is 0. The van der Waals surface area contributed by atoms with Gasteiger partial charge in [0.1, 0.15) is 0 Å². The quantitative estimate of drug-likeness (QED) is 0.509. The largest absolute Gasteiger partial charge is 0.265 e. The molecule has 4 fully saturated rings. The second-order valence-electron chi connectivity index (χ2n) is 8.45. The lowest BCUT2D eigenvalue weighted by atomic mass is 9.54. The van der Waals surface area contributed by atoms with Crippen LogP contribution in [-0.2, 0) is 14.3 Å². The topological polar surface area (TPSA) is 43.4 Å². The fourth-order valence-electron chi connectivity index (χ4n) is 5.86. The molecule has 0 N–H and O–H groups in total. The van der Waals surface area contributed by atoms with Crippen molar-refractivity contribution in [2.24, 2.45) is 17.8 Å². The summed E-state index contributed by atoms with van der Waals surface area (Å²) in [5.41, 5.74) is -0.317. The molecule has 5 heteroatoms. The average Bonchev–Trinajstić information content (AvgIpc) is 2.42. The lowest BCUT2D eigenvalue weighted by Crippen LogP contribution is -2.54. The maximum absolute atomic E-state index is 12.8. The molecule has 0 radical (unpaired) electrons. The molecule has 4 aliphatic rings. The Bertz CT molecular complexity index is 466. The van der Waals surface area contributed by atoms with E-state index < -0.39 is 18.2 Å². The smallest absolute Gasteiger partial charge is 0.264 e. The molecule has 0 aromatic carbocycles. The van der Waals surface area contributed by atoms with Gasteiger partial charge in [-0.25, -0.2) is 0 Å². The molecule has 128 valence electrons. The average molecular weight is 345 g/mol. The molecule has 0 heterocycles. The van der Waals surface area contributed by atoms with Crippen LogP contribution in [0.4, 0.5) is 0 Å². The highest BCUT2D eigenvalue weighted by atomic mass is 32.2. The molecule has 0 amide bonds. The second-order valence-corrected chi connectivity index (χ2v) is 16.0. The van der Waals surface area contributed by atoms with Gasteiger partial charge in [0, 0.05) is 0 Å². The van der Waals surface area contributed by atoms with E-state index in [4.69, 9.17) is 4.18 Å². The third-order valence-electron chi connectivity index (χ3n) is 7.02. The Morgan fingerprint density at radius 3 is 1.68 bits per heavy atom. The van der Waals surface area contributed by atoms with Crippen molar-refractivity contribution in [3.8, 4) is 0 Å². The van der Waals surface area contributed by atoms with Crippen LogP contribution in [-0.4, -0.2) is 27.5 Å². The van der Waals surface area contributed by atoms with Crippen molar-refractivity contribution in [2.45, 2.75) is 83.0 Å². The van der Waals surface area contributed by atoms with E-state index in [0.29, 0.717) is 5.38 Å². The van der Waals surface area contributed by atoms with Crippen molar-refractivity contribution in [3.05, 3.63) is 0 Å². The molecule has 4 saturated carbocycles. The Morgan fingerprint density at radius 1 is 0.909 bits per heavy atom. The van der Waals surface area contributed by atoms with Crippen LogP contribution in [0.25, 0.3) is 0 Å². The third kappa shape index (κ3) is 3.18. The maximum atomic E-state index is 12.8. The van der Waals surface area contributed by atoms with Crippen LogP contribution in [0.15, 0.2) is 0 Å². The summed E-state index contributed by atoms with van der Waals surface area (Å²) < 4.78 is 31.6. The monoisotopic (exact) mass is 344 g/mol. The van der Waals surface area contributed by atoms with Gasteiger partial charge in [0.25, 0.3) is 10.1 Å². The van der Waals surface area contributed by atoms with Gasteiger partial charge in [0.2, 0.25) is 0 Å². The van der Waals surface area contributed by atoms with Gasteiger partial charge in [-0.3, -0.25) is 4.18 Å². The van der Waals surface area contributed by atoms with Crippen molar-refractivity contribution < 1.29 is 12.6 Å². The molecule has 0 saturated heterocycles. The number of hydrogen-bond acceptors (Lipinski definition) is 3. The molecule has 0 unspecified atom stereocenters. The highest BCUT2D eigenvalue weighted by molar-refractivity contribution is 7.88. The SMILES string of the molecule is CC[Si](CC)(CC)CS(=O)(=O)OC12CC3CC(CC(C3)C1)C2. The van der Waals surface area contributed by atoms with Crippen LogP contribution in [0, 0.1) is 17.8 Å². The van der Waals surface area contributed by atoms with Crippen molar-refractivity contribution in [1.82, 2.24) is 0 Å². The molecule has 4 bridgehead atoms. The highest BCUT2D eigenvalue weighted by Crippen LogP contribution is 2.57. The summed E-state index contributed by atoms with van der Waals surface area (Å²) in [4.78, 5) is 0. The molecule has 3 nitrogen and oxygen atoms in total. The van der Waals surface area contributed by atoms with E-state index in [1.54, 1.807) is 0 Å². The highest BCUT2D eigenvalue weighted by Gasteiger charge is 2.54. The van der Waals surface area contributed by atoms with Gasteiger partial charge in [0.15, 0.2) is 0 Å². The van der Waals surface area contributed by atoms with Gasteiger partial charge in [-0.2, -0.15) is 8.42 Å². The molecule has 4 rings (SSSR count). The van der Waals surface area contributed by atoms with Crippen molar-refractivity contribution in [2.75, 3.05) is 5.38 Å². The molecule has 0 aliphatic heterocycles. The lowest BCUT2D eigenvalue weighted by molar-refractivity contribution is -0.104. The minimum atomic E-state index is -3.38. The predicted octanol–water partition coefficient (Wildman–Crippen LogP) is 4.35. The fourth-order valence-corrected chi connectivity index (χ4v) is 13.8. The van der Waals surface area contributed by atoms with Gasteiger partial charge in [-0.1, -0.05) is 38.9 Å². The third-order valence-corrected chi connectivity index (χ3v) is 16.0. The lowest BCUT2D eigenvalue weighted by Gasteiger charge is -2.55. The van der Waals surface area contributed by atoms with E-state index in [-0.39, 0.29) is 5.60 Å². The Labute approximate surface area is 137 Å². The van der Waals surface area contributed by atoms with Crippen molar-refractivity contribution in [3.63, 3.8) is 0 Å². The Balaban J connectivity index is 1.74. The van der Waals surface area contributed by atoms with Crippen molar-refractivity contribution in [1.29, 1.82) is 0 Å². The molecule has 4 aliphatic carbocycles. The molecule has 0 spiro atoms. The minimum absolute atomic E-state index is 0.317. The van der Waals surface area contributed by atoms with Gasteiger partial charge in [-0.15, -0.1) is 0 Å². The number of rotatable bonds is 7. The van der Waals surface area contributed by atoms with Crippen molar-refractivity contribution >= 4 is 18.2 Å². The summed E-state index contributed by atoms with van der Waals surface area (Å²) in [7, 11) is -5.08. The summed E-state index contributed by atoms with van der Waals surface area (Å²) in [6.07, 6.45) is 6.95. The van der Waals surface area contributed by atoms with E-state index in [1.165, 1.54) is 19.3 Å². The zero-order valence-corrected chi connectivity index (χ0v) is 16.3. The minimum Gasteiger partial charge on any atom is -0.264 e. The van der Waals surface area contributed by atoms with Crippen LogP contribution in [0.2, 0.25) is 18.1 Å². The first-order valence-electron chi connectivity index (χ1n) is 9.26. The summed E-state index contributed by atoms with van der Waals surface area (Å²) in [6, 6.07) is 3.14. The zero-order valence-electron chi connectivity index (χ0n) is 14.4. The van der Waals surface area contributed by atoms with E-state index in [2.05, 4.69) is 20.8 Å². The first-order valence-corrected chi connectivity index (χ1v) is 13.7. The fraction of sp³-hybridized carbons (Fsp3) is 1.00. The molecule has 0 atom stereocenters. The Morgan fingerprint density at radius 2 is 1.32 bits per heavy atom. The molecule has 22 heavy (non-hydrogen) atoms. The first kappa shape index (κ1) is 17.0. The summed E-state index contributed by atoms with van der Waals surface area (Å²) in [5, 5.41) is 0.339. The van der Waals surface area contributed by atoms with E-state index in [0.717, 1.165) is 55.1 Å². The van der Waals surface area contributed by atoms with Gasteiger partial charge < -0.3 is 0 Å². The summed E-state index contributed by atoms with van der Waals surface area (Å²) in [5.74, 6) is 2.19. The predicted molar refractivity (Wildman–Crippen MR) is 93.0 cm³/mol. The zero-order chi connectivity index (χ0) is 16.0. The summed E-state index contributed by atoms with van der Waals surface area (Å²) >= 11 is 0. The van der Waals surface area contributed by atoms with Crippen LogP contribution in [0.3, 0.4) is 0 Å². The molecular formula is C17H32O3SSi. The van der Waals surface area contributed by atoms with Crippen LogP contribution in [0.1, 0.15) is 59.3 Å². The Kier molecular flexibility index (Phi) is 4.54. The van der Waals surface area contributed by atoms with Crippen LogP contribution >= 0.6 is 0 Å². The molecule has 0 aromatic heterocycles. The van der Waals surface area contributed by atoms with Gasteiger partial charge in [0.05, 0.1) is 19.1 Å². The second kappa shape index (κ2) is 5.89. The van der Waals surface area contributed by atoms with Crippen LogP contribution in [0.5, 0.6) is 0 Å². The maximum Gasteiger partial charge on any atom is 0.265 e. The molecule has 0 aromatic rings. The van der Waals surface area contributed by atoms with E-state index in [9.17, 15) is 8.42 Å². The van der Waals surface area contributed by atoms with Gasteiger partial charge in [-0.05, 0) is 56.3 Å². The molecular weight excluding hydrogens is 312 g/mol. The first-order chi connectivity index (χ1) is 10.3. The Hall–Kier alpha value is 0.127. The van der Waals surface area contributed by atoms with Crippen LogP contribution < -0.4 is 0 Å². The van der Waals surface area contributed by atoms with E-state index in [1.807, 2.05) is 0 Å².